The van der Waals surface area contributed by atoms with Crippen molar-refractivity contribution in [1.29, 1.82) is 0 Å². The molecule has 0 aliphatic heterocycles. The Balaban J connectivity index is 3.40. The van der Waals surface area contributed by atoms with E-state index in [2.05, 4.69) is 15.4 Å². The molecular formula is C6H8F3N5. The van der Waals surface area contributed by atoms with Crippen molar-refractivity contribution in [2.45, 2.75) is 13.1 Å². The molecule has 0 radical (unpaired) electrons. The number of nitrogens with zero attached hydrogens (tertiary/aromatic N) is 4. The quantitative estimate of drug-likeness (QED) is 0.432. The summed E-state index contributed by atoms with van der Waals surface area (Å²) in [5.41, 5.74) is -1.06. The highest BCUT2D eigenvalue weighted by atomic mass is 19.4. The van der Waals surface area contributed by atoms with Crippen molar-refractivity contribution in [3.63, 3.8) is 0 Å². The van der Waals surface area contributed by atoms with Crippen molar-refractivity contribution >= 4 is 5.82 Å². The molecule has 0 spiro atoms. The number of nitrogens with two attached hydrogens (primary N) is 1. The van der Waals surface area contributed by atoms with E-state index in [0.29, 0.717) is 0 Å². The third-order valence-corrected chi connectivity index (χ3v) is 1.63. The van der Waals surface area contributed by atoms with E-state index in [1.807, 2.05) is 0 Å². The van der Waals surface area contributed by atoms with Gasteiger partial charge < -0.3 is 5.84 Å². The first kappa shape index (κ1) is 10.5. The van der Waals surface area contributed by atoms with E-state index in [1.165, 1.54) is 14.0 Å². The lowest BCUT2D eigenvalue weighted by Crippen LogP contribution is -2.06. The maximum absolute atomic E-state index is 12.5. The molecule has 0 unspecified atom stereocenters. The van der Waals surface area contributed by atoms with Crippen molar-refractivity contribution in [3.05, 3.63) is 11.3 Å². The fourth-order valence-electron chi connectivity index (χ4n) is 1.15. The zero-order valence-corrected chi connectivity index (χ0v) is 7.50. The number of rotatable bonds is 1. The van der Waals surface area contributed by atoms with Crippen molar-refractivity contribution in [3.8, 4) is 0 Å². The summed E-state index contributed by atoms with van der Waals surface area (Å²) in [6.45, 7) is 1.25. The molecule has 5 nitrogen and oxygen atoms in total. The van der Waals surface area contributed by atoms with Gasteiger partial charge in [0.2, 0.25) is 0 Å². The minimum absolute atomic E-state index is 0.151. The second-order valence-electron chi connectivity index (χ2n) is 2.62. The summed E-state index contributed by atoms with van der Waals surface area (Å²) in [4.78, 5) is 0. The predicted octanol–water partition coefficient (Wildman–Crippen LogP) is 1.70. The summed E-state index contributed by atoms with van der Waals surface area (Å²) in [5, 5.41) is 9.58. The van der Waals surface area contributed by atoms with Crippen LogP contribution in [0, 0.1) is 6.92 Å². The normalized spacial score (nSPS) is 12.6. The van der Waals surface area contributed by atoms with E-state index in [1.54, 1.807) is 0 Å². The molecule has 0 aliphatic carbocycles. The Labute approximate surface area is 77.4 Å². The topological polar surface area (TPSA) is 68.6 Å². The second kappa shape index (κ2) is 3.28. The largest absolute Gasteiger partial charge is 0.421 e. The standard InChI is InChI=1S/C6H8F3N5/c1-3-4(6(7,8)9)5(11-13-10)14(2)12-3/h1-2H3,(H2,10,11). The van der Waals surface area contributed by atoms with Crippen molar-refractivity contribution in [2.24, 2.45) is 23.2 Å². The number of alkyl halides is 3. The highest BCUT2D eigenvalue weighted by Gasteiger charge is 2.38. The van der Waals surface area contributed by atoms with Gasteiger partial charge in [-0.25, -0.2) is 4.68 Å². The molecule has 2 N–H and O–H groups in total. The van der Waals surface area contributed by atoms with Gasteiger partial charge in [-0.15, -0.1) is 5.11 Å². The molecule has 1 rings (SSSR count). The third-order valence-electron chi connectivity index (χ3n) is 1.63. The monoisotopic (exact) mass is 207 g/mol. The molecule has 0 aliphatic rings. The van der Waals surface area contributed by atoms with Gasteiger partial charge in [0.05, 0.1) is 5.69 Å². The Kier molecular flexibility index (Phi) is 2.45. The van der Waals surface area contributed by atoms with Crippen LogP contribution in [0.4, 0.5) is 19.0 Å². The molecule has 1 heterocycles. The summed E-state index contributed by atoms with van der Waals surface area (Å²) < 4.78 is 38.3. The molecule has 0 amide bonds. The number of hydrogen-bond donors (Lipinski definition) is 1. The Morgan fingerprint density at radius 2 is 2.00 bits per heavy atom. The Morgan fingerprint density at radius 3 is 2.43 bits per heavy atom. The van der Waals surface area contributed by atoms with Gasteiger partial charge in [0.15, 0.2) is 5.82 Å². The molecular weight excluding hydrogens is 199 g/mol. The van der Waals surface area contributed by atoms with E-state index in [-0.39, 0.29) is 5.69 Å². The van der Waals surface area contributed by atoms with Crippen molar-refractivity contribution in [2.75, 3.05) is 0 Å². The lowest BCUT2D eigenvalue weighted by molar-refractivity contribution is -0.137. The zero-order chi connectivity index (χ0) is 10.9. The van der Waals surface area contributed by atoms with E-state index in [4.69, 9.17) is 5.84 Å². The summed E-state index contributed by atoms with van der Waals surface area (Å²) in [6.07, 6.45) is -4.50. The van der Waals surface area contributed by atoms with Gasteiger partial charge in [-0.2, -0.15) is 18.3 Å². The molecule has 0 fully saturated rings. The van der Waals surface area contributed by atoms with Crippen LogP contribution in [0.5, 0.6) is 0 Å². The predicted molar refractivity (Wildman–Crippen MR) is 41.7 cm³/mol. The van der Waals surface area contributed by atoms with Gasteiger partial charge in [-0.3, -0.25) is 0 Å². The number of aryl methyl sites for hydroxylation is 2. The van der Waals surface area contributed by atoms with Gasteiger partial charge in [-0.1, -0.05) is 5.22 Å². The van der Waals surface area contributed by atoms with E-state index >= 15 is 0 Å². The zero-order valence-electron chi connectivity index (χ0n) is 7.50. The van der Waals surface area contributed by atoms with E-state index < -0.39 is 17.6 Å². The average Bonchev–Trinajstić information content (AvgIpc) is 2.26. The van der Waals surface area contributed by atoms with Crippen LogP contribution in [0.1, 0.15) is 11.3 Å². The van der Waals surface area contributed by atoms with Crippen LogP contribution in [0.15, 0.2) is 10.3 Å². The summed E-state index contributed by atoms with van der Waals surface area (Å²) in [5.74, 6) is 4.31. The molecule has 1 aromatic heterocycles. The summed E-state index contributed by atoms with van der Waals surface area (Å²) >= 11 is 0. The lowest BCUT2D eigenvalue weighted by Gasteiger charge is -2.04. The molecule has 8 heteroatoms. The van der Waals surface area contributed by atoms with Gasteiger partial charge in [0.25, 0.3) is 0 Å². The average molecular weight is 207 g/mol. The molecule has 0 atom stereocenters. The van der Waals surface area contributed by atoms with Crippen LogP contribution < -0.4 is 5.84 Å². The Hall–Kier alpha value is -1.60. The molecule has 78 valence electrons. The summed E-state index contributed by atoms with van der Waals surface area (Å²) in [6, 6.07) is 0. The van der Waals surface area contributed by atoms with Crippen molar-refractivity contribution < 1.29 is 13.2 Å². The highest BCUT2D eigenvalue weighted by molar-refractivity contribution is 5.43. The van der Waals surface area contributed by atoms with Crippen LogP contribution in [0.2, 0.25) is 0 Å². The lowest BCUT2D eigenvalue weighted by atomic mass is 10.2. The fourth-order valence-corrected chi connectivity index (χ4v) is 1.15. The highest BCUT2D eigenvalue weighted by Crippen LogP contribution is 2.38. The number of aromatic nitrogens is 2. The van der Waals surface area contributed by atoms with E-state index in [9.17, 15) is 13.2 Å². The maximum Gasteiger partial charge on any atom is 0.421 e. The second-order valence-corrected chi connectivity index (χ2v) is 2.62. The first-order valence-electron chi connectivity index (χ1n) is 3.59. The van der Waals surface area contributed by atoms with Crippen LogP contribution in [-0.2, 0) is 13.2 Å². The summed E-state index contributed by atoms with van der Waals surface area (Å²) in [7, 11) is 1.34. The first-order valence-corrected chi connectivity index (χ1v) is 3.59. The number of halogens is 3. The van der Waals surface area contributed by atoms with Crippen LogP contribution in [0.3, 0.4) is 0 Å². The van der Waals surface area contributed by atoms with Gasteiger partial charge >= 0.3 is 6.18 Å². The fraction of sp³-hybridized carbons (Fsp3) is 0.500. The molecule has 0 saturated carbocycles. The molecule has 0 saturated heterocycles. The third kappa shape index (κ3) is 1.68. The van der Waals surface area contributed by atoms with Crippen LogP contribution in [-0.4, -0.2) is 9.78 Å². The minimum atomic E-state index is -4.50. The van der Waals surface area contributed by atoms with E-state index in [0.717, 1.165) is 4.68 Å². The molecule has 0 bridgehead atoms. The van der Waals surface area contributed by atoms with Crippen molar-refractivity contribution in [1.82, 2.24) is 9.78 Å². The molecule has 0 aromatic carbocycles. The first-order chi connectivity index (χ1) is 6.38. The molecule has 1 aromatic rings. The Bertz CT molecular complexity index is 364. The van der Waals surface area contributed by atoms with Gasteiger partial charge in [0, 0.05) is 7.05 Å². The SMILES string of the molecule is Cc1nn(C)c(N=NN)c1C(F)(F)F. The van der Waals surface area contributed by atoms with Gasteiger partial charge in [-0.05, 0) is 6.92 Å². The van der Waals surface area contributed by atoms with Crippen LogP contribution in [0.25, 0.3) is 0 Å². The molecule has 14 heavy (non-hydrogen) atoms. The van der Waals surface area contributed by atoms with Gasteiger partial charge in [0.1, 0.15) is 5.56 Å². The number of hydrogen-bond acceptors (Lipinski definition) is 3. The van der Waals surface area contributed by atoms with Crippen LogP contribution >= 0.6 is 0 Å². The maximum atomic E-state index is 12.5. The Morgan fingerprint density at radius 1 is 1.43 bits per heavy atom. The minimum Gasteiger partial charge on any atom is -0.305 e. The smallest absolute Gasteiger partial charge is 0.305 e.